The van der Waals surface area contributed by atoms with Gasteiger partial charge in [0.15, 0.2) is 11.5 Å². The fourth-order valence-corrected chi connectivity index (χ4v) is 4.36. The van der Waals surface area contributed by atoms with Crippen molar-refractivity contribution in [3.8, 4) is 28.9 Å². The smallest absolute Gasteiger partial charge is 0.228 e. The van der Waals surface area contributed by atoms with Crippen LogP contribution in [0.1, 0.15) is 28.4 Å². The molecule has 1 atom stereocenters. The number of phenolic OH excluding ortho intramolecular Hbond substituents is 1. The zero-order valence-corrected chi connectivity index (χ0v) is 19.3. The van der Waals surface area contributed by atoms with Crippen molar-refractivity contribution < 1.29 is 19.3 Å². The van der Waals surface area contributed by atoms with Crippen molar-refractivity contribution in [1.82, 2.24) is 19.6 Å². The summed E-state index contributed by atoms with van der Waals surface area (Å²) in [4.78, 5) is 9.27. The number of hydrogen-bond acceptors (Lipinski definition) is 7. The molecule has 0 bridgehead atoms. The minimum absolute atomic E-state index is 0.117. The Morgan fingerprint density at radius 1 is 1.03 bits per heavy atom. The summed E-state index contributed by atoms with van der Waals surface area (Å²) in [7, 11) is 1.63. The van der Waals surface area contributed by atoms with E-state index >= 15 is 0 Å². The van der Waals surface area contributed by atoms with Gasteiger partial charge in [0.1, 0.15) is 35.9 Å². The summed E-state index contributed by atoms with van der Waals surface area (Å²) in [5, 5.41) is 15.2. The van der Waals surface area contributed by atoms with Crippen LogP contribution in [0.5, 0.6) is 28.9 Å². The molecule has 9 heteroatoms. The van der Waals surface area contributed by atoms with Gasteiger partial charge in [0, 0.05) is 22.6 Å². The van der Waals surface area contributed by atoms with E-state index in [-0.39, 0.29) is 18.3 Å². The van der Waals surface area contributed by atoms with Crippen LogP contribution < -0.4 is 14.2 Å². The number of benzene rings is 3. The Balaban J connectivity index is 1.44. The predicted molar refractivity (Wildman–Crippen MR) is 129 cm³/mol. The van der Waals surface area contributed by atoms with Crippen molar-refractivity contribution in [3.05, 3.63) is 101 Å². The molecule has 6 rings (SSSR count). The highest BCUT2D eigenvalue weighted by Gasteiger charge is 2.33. The molecular formula is C26H19ClN4O4. The summed E-state index contributed by atoms with van der Waals surface area (Å²) in [6.45, 7) is 0.177. The van der Waals surface area contributed by atoms with Crippen LogP contribution in [0.2, 0.25) is 5.02 Å². The van der Waals surface area contributed by atoms with E-state index in [0.29, 0.717) is 33.9 Å². The molecule has 2 aromatic heterocycles. The summed E-state index contributed by atoms with van der Waals surface area (Å²) in [6, 6.07) is 20.0. The molecule has 0 radical (unpaired) electrons. The lowest BCUT2D eigenvalue weighted by Crippen LogP contribution is -2.15. The van der Waals surface area contributed by atoms with Gasteiger partial charge < -0.3 is 19.3 Å². The molecule has 5 aromatic rings. The maximum Gasteiger partial charge on any atom is 0.228 e. The highest BCUT2D eigenvalue weighted by atomic mass is 35.5. The number of ether oxygens (including phenoxy) is 3. The molecule has 0 aliphatic carbocycles. The van der Waals surface area contributed by atoms with E-state index in [1.165, 1.54) is 0 Å². The Hall–Kier alpha value is -4.30. The molecular weight excluding hydrogens is 468 g/mol. The fraction of sp³-hybridized carbons (Fsp3) is 0.115. The number of nitrogens with zero attached hydrogens (tertiary/aromatic N) is 4. The van der Waals surface area contributed by atoms with Crippen LogP contribution in [0, 0.1) is 0 Å². The molecule has 0 amide bonds. The summed E-state index contributed by atoms with van der Waals surface area (Å²) >= 11 is 5.95. The Bertz CT molecular complexity index is 1530. The third-order valence-electron chi connectivity index (χ3n) is 5.86. The first-order valence-electron chi connectivity index (χ1n) is 10.9. The molecule has 8 nitrogen and oxygen atoms in total. The second-order valence-corrected chi connectivity index (χ2v) is 8.47. The van der Waals surface area contributed by atoms with Crippen LogP contribution in [-0.2, 0) is 6.61 Å². The minimum Gasteiger partial charge on any atom is -0.508 e. The molecule has 0 saturated carbocycles. The van der Waals surface area contributed by atoms with Crippen molar-refractivity contribution in [2.75, 3.05) is 7.11 Å². The first-order chi connectivity index (χ1) is 17.1. The van der Waals surface area contributed by atoms with E-state index in [1.54, 1.807) is 54.4 Å². The van der Waals surface area contributed by atoms with Gasteiger partial charge >= 0.3 is 0 Å². The summed E-state index contributed by atoms with van der Waals surface area (Å²) in [6.07, 6.45) is 1.56. The number of phenols is 1. The number of methoxy groups -OCH3 is 1. The van der Waals surface area contributed by atoms with Gasteiger partial charge in [0.05, 0.1) is 12.7 Å². The lowest BCUT2D eigenvalue weighted by atomic mass is 9.84. The van der Waals surface area contributed by atoms with Gasteiger partial charge in [0.25, 0.3) is 0 Å². The topological polar surface area (TPSA) is 91.0 Å². The van der Waals surface area contributed by atoms with Crippen LogP contribution >= 0.6 is 11.6 Å². The number of aromatic hydroxyl groups is 1. The lowest BCUT2D eigenvalue weighted by Gasteiger charge is -2.28. The van der Waals surface area contributed by atoms with E-state index in [4.69, 9.17) is 30.8 Å². The Morgan fingerprint density at radius 2 is 1.80 bits per heavy atom. The van der Waals surface area contributed by atoms with Crippen LogP contribution in [-0.4, -0.2) is 31.8 Å². The standard InChI is InChI=1S/C26H19ClN4O4/c1-33-18-7-2-15(3-8-18)23-20-11-6-17(32)12-21(20)35-26-24(23)25-29-22(30-31(25)14-28-26)13-34-19-9-4-16(27)5-10-19/h2-12,14,23,32H,13H2,1H3/t23-/m0/s1. The predicted octanol–water partition coefficient (Wildman–Crippen LogP) is 5.36. The van der Waals surface area contributed by atoms with Crippen molar-refractivity contribution in [1.29, 1.82) is 0 Å². The Morgan fingerprint density at radius 3 is 2.57 bits per heavy atom. The molecule has 0 fully saturated rings. The number of fused-ring (bicyclic) bond motifs is 4. The number of aromatic nitrogens is 4. The SMILES string of the molecule is COc1ccc([C@H]2c3ccc(O)cc3Oc3ncn4nc(COc5ccc(Cl)cc5)nc4c32)cc1. The fourth-order valence-electron chi connectivity index (χ4n) is 4.23. The van der Waals surface area contributed by atoms with Gasteiger partial charge in [-0.1, -0.05) is 29.8 Å². The molecule has 0 spiro atoms. The number of rotatable bonds is 5. The van der Waals surface area contributed by atoms with Gasteiger partial charge in [-0.25, -0.2) is 14.5 Å². The molecule has 174 valence electrons. The molecule has 1 aliphatic rings. The van der Waals surface area contributed by atoms with Gasteiger partial charge in [0.2, 0.25) is 5.88 Å². The molecule has 35 heavy (non-hydrogen) atoms. The molecule has 3 aromatic carbocycles. The second-order valence-electron chi connectivity index (χ2n) is 8.03. The van der Waals surface area contributed by atoms with E-state index in [0.717, 1.165) is 22.4 Å². The second kappa shape index (κ2) is 8.48. The minimum atomic E-state index is -0.245. The van der Waals surface area contributed by atoms with E-state index in [2.05, 4.69) is 10.1 Å². The molecule has 0 unspecified atom stereocenters. The average molecular weight is 487 g/mol. The van der Waals surface area contributed by atoms with Crippen LogP contribution in [0.25, 0.3) is 5.65 Å². The zero-order valence-electron chi connectivity index (χ0n) is 18.6. The van der Waals surface area contributed by atoms with E-state index in [9.17, 15) is 5.11 Å². The third kappa shape index (κ3) is 3.87. The number of hydrogen-bond donors (Lipinski definition) is 1. The average Bonchev–Trinajstić information content (AvgIpc) is 3.30. The van der Waals surface area contributed by atoms with Gasteiger partial charge in [-0.2, -0.15) is 0 Å². The molecule has 0 saturated heterocycles. The first kappa shape index (κ1) is 21.2. The van der Waals surface area contributed by atoms with Crippen molar-refractivity contribution in [2.45, 2.75) is 12.5 Å². The van der Waals surface area contributed by atoms with Gasteiger partial charge in [-0.15, -0.1) is 5.10 Å². The molecule has 1 aliphatic heterocycles. The lowest BCUT2D eigenvalue weighted by molar-refractivity contribution is 0.296. The van der Waals surface area contributed by atoms with Crippen LogP contribution in [0.4, 0.5) is 0 Å². The number of halogens is 1. The summed E-state index contributed by atoms with van der Waals surface area (Å²) < 4.78 is 18.9. The summed E-state index contributed by atoms with van der Waals surface area (Å²) in [5.74, 6) is 2.75. The monoisotopic (exact) mass is 486 g/mol. The van der Waals surface area contributed by atoms with Gasteiger partial charge in [-0.05, 0) is 48.0 Å². The molecule has 1 N–H and O–H groups in total. The summed E-state index contributed by atoms with van der Waals surface area (Å²) in [5.41, 5.74) is 3.28. The van der Waals surface area contributed by atoms with Crippen molar-refractivity contribution in [3.63, 3.8) is 0 Å². The molecule has 3 heterocycles. The highest BCUT2D eigenvalue weighted by Crippen LogP contribution is 2.48. The maximum absolute atomic E-state index is 10.0. The van der Waals surface area contributed by atoms with Crippen molar-refractivity contribution >= 4 is 17.2 Å². The van der Waals surface area contributed by atoms with Gasteiger partial charge in [-0.3, -0.25) is 0 Å². The zero-order chi connectivity index (χ0) is 23.9. The largest absolute Gasteiger partial charge is 0.508 e. The van der Waals surface area contributed by atoms with Crippen molar-refractivity contribution in [2.24, 2.45) is 0 Å². The Labute approximate surface area is 205 Å². The quantitative estimate of drug-likeness (QED) is 0.351. The Kier molecular flexibility index (Phi) is 5.15. The van der Waals surface area contributed by atoms with Crippen LogP contribution in [0.15, 0.2) is 73.1 Å². The maximum atomic E-state index is 10.0. The third-order valence-corrected chi connectivity index (χ3v) is 6.12. The first-order valence-corrected chi connectivity index (χ1v) is 11.2. The van der Waals surface area contributed by atoms with Crippen LogP contribution in [0.3, 0.4) is 0 Å². The normalized spacial score (nSPS) is 14.2. The van der Waals surface area contributed by atoms with E-state index < -0.39 is 0 Å². The van der Waals surface area contributed by atoms with E-state index in [1.807, 2.05) is 30.3 Å². The highest BCUT2D eigenvalue weighted by molar-refractivity contribution is 6.30.